The van der Waals surface area contributed by atoms with Gasteiger partial charge in [-0.1, -0.05) is 0 Å². The van der Waals surface area contributed by atoms with Crippen molar-refractivity contribution in [3.05, 3.63) is 29.8 Å². The molecule has 2 rings (SSSR count). The zero-order valence-corrected chi connectivity index (χ0v) is 13.7. The van der Waals surface area contributed by atoms with Gasteiger partial charge >= 0.3 is 0 Å². The summed E-state index contributed by atoms with van der Waals surface area (Å²) in [6.45, 7) is 4.08. The summed E-state index contributed by atoms with van der Waals surface area (Å²) < 4.78 is 15.8. The maximum Gasteiger partial charge on any atom is 0.291 e. The lowest BCUT2D eigenvalue weighted by Gasteiger charge is -2.11. The van der Waals surface area contributed by atoms with Gasteiger partial charge in [-0.3, -0.25) is 10.1 Å². The molecule has 1 aromatic carbocycles. The number of amidine groups is 1. The van der Waals surface area contributed by atoms with Crippen LogP contribution in [0.25, 0.3) is 0 Å². The van der Waals surface area contributed by atoms with Gasteiger partial charge < -0.3 is 14.2 Å². The molecule has 1 aromatic rings. The summed E-state index contributed by atoms with van der Waals surface area (Å²) in [5, 5.41) is 2.72. The first-order valence-electron chi connectivity index (χ1n) is 7.93. The van der Waals surface area contributed by atoms with Gasteiger partial charge in [-0.15, -0.1) is 0 Å². The average Bonchev–Trinajstić information content (AvgIpc) is 3.40. The molecule has 1 N–H and O–H groups in total. The van der Waals surface area contributed by atoms with Crippen LogP contribution in [0.2, 0.25) is 0 Å². The number of methoxy groups -OCH3 is 1. The number of nitrogens with one attached hydrogen (secondary N) is 1. The van der Waals surface area contributed by atoms with E-state index in [0.717, 1.165) is 0 Å². The fourth-order valence-corrected chi connectivity index (χ4v) is 1.89. The van der Waals surface area contributed by atoms with Gasteiger partial charge in [0.05, 0.1) is 13.7 Å². The maximum absolute atomic E-state index is 12.3. The monoisotopic (exact) mass is 320 g/mol. The lowest BCUT2D eigenvalue weighted by Crippen LogP contribution is -2.33. The van der Waals surface area contributed by atoms with Gasteiger partial charge in [-0.25, -0.2) is 4.99 Å². The van der Waals surface area contributed by atoms with Gasteiger partial charge in [-0.2, -0.15) is 0 Å². The quantitative estimate of drug-likeness (QED) is 0.453. The van der Waals surface area contributed by atoms with Crippen molar-refractivity contribution >= 4 is 11.9 Å². The largest absolute Gasteiger partial charge is 0.497 e. The maximum atomic E-state index is 12.3. The Balaban J connectivity index is 1.90. The highest BCUT2D eigenvalue weighted by Crippen LogP contribution is 2.28. The summed E-state index contributed by atoms with van der Waals surface area (Å²) in [5.41, 5.74) is 0.526. The number of aliphatic imine (C=N–C) groups is 1. The smallest absolute Gasteiger partial charge is 0.291 e. The van der Waals surface area contributed by atoms with E-state index in [9.17, 15) is 4.79 Å². The molecule has 0 unspecified atom stereocenters. The molecule has 0 radical (unpaired) electrons. The van der Waals surface area contributed by atoms with Gasteiger partial charge in [-0.05, 0) is 49.9 Å². The molecule has 1 fully saturated rings. The molecule has 1 amide bonds. The average molecular weight is 320 g/mol. The third-order valence-corrected chi connectivity index (χ3v) is 3.43. The minimum Gasteiger partial charge on any atom is -0.497 e. The SMILES string of the molecule is CCOCCOC(=NCC1CC1)NC(=O)c1ccc(OC)cc1. The van der Waals surface area contributed by atoms with E-state index in [1.165, 1.54) is 12.8 Å². The summed E-state index contributed by atoms with van der Waals surface area (Å²) in [6.07, 6.45) is 2.39. The van der Waals surface area contributed by atoms with Crippen LogP contribution in [0.4, 0.5) is 0 Å². The van der Waals surface area contributed by atoms with E-state index < -0.39 is 0 Å². The first kappa shape index (κ1) is 17.3. The molecule has 0 atom stereocenters. The molecule has 6 nitrogen and oxygen atoms in total. The highest BCUT2D eigenvalue weighted by Gasteiger charge is 2.21. The number of carbonyl (C=O) groups is 1. The Morgan fingerprint density at radius 1 is 1.26 bits per heavy atom. The third-order valence-electron chi connectivity index (χ3n) is 3.43. The molecule has 6 heteroatoms. The topological polar surface area (TPSA) is 69.2 Å². The number of amides is 1. The second kappa shape index (κ2) is 9.15. The summed E-state index contributed by atoms with van der Waals surface area (Å²) >= 11 is 0. The van der Waals surface area contributed by atoms with Crippen molar-refractivity contribution < 1.29 is 19.0 Å². The molecular weight excluding hydrogens is 296 g/mol. The summed E-state index contributed by atoms with van der Waals surface area (Å²) in [5.74, 6) is 1.08. The molecule has 0 aliphatic heterocycles. The number of hydrogen-bond donors (Lipinski definition) is 1. The van der Waals surface area contributed by atoms with E-state index in [-0.39, 0.29) is 11.9 Å². The molecule has 0 aromatic heterocycles. The minimum atomic E-state index is -0.251. The Hall–Kier alpha value is -2.08. The van der Waals surface area contributed by atoms with Crippen molar-refractivity contribution in [2.24, 2.45) is 10.9 Å². The number of benzene rings is 1. The number of hydrogen-bond acceptors (Lipinski definition) is 5. The van der Waals surface area contributed by atoms with E-state index in [4.69, 9.17) is 14.2 Å². The van der Waals surface area contributed by atoms with Crippen LogP contribution < -0.4 is 10.1 Å². The zero-order chi connectivity index (χ0) is 16.5. The predicted octanol–water partition coefficient (Wildman–Crippen LogP) is 2.24. The normalized spacial score (nSPS) is 14.4. The second-order valence-electron chi connectivity index (χ2n) is 5.32. The van der Waals surface area contributed by atoms with Crippen LogP contribution in [0.5, 0.6) is 5.75 Å². The molecular formula is C17H24N2O4. The minimum absolute atomic E-state index is 0.251. The van der Waals surface area contributed by atoms with Crippen molar-refractivity contribution in [2.45, 2.75) is 19.8 Å². The number of carbonyl (C=O) groups excluding carboxylic acids is 1. The molecule has 1 saturated carbocycles. The zero-order valence-electron chi connectivity index (χ0n) is 13.7. The molecule has 0 heterocycles. The Labute approximate surface area is 136 Å². The molecule has 126 valence electrons. The van der Waals surface area contributed by atoms with Gasteiger partial charge in [0.2, 0.25) is 0 Å². The molecule has 0 saturated heterocycles. The predicted molar refractivity (Wildman–Crippen MR) is 87.9 cm³/mol. The summed E-state index contributed by atoms with van der Waals surface area (Å²) in [7, 11) is 1.59. The van der Waals surface area contributed by atoms with Crippen LogP contribution in [0, 0.1) is 5.92 Å². The van der Waals surface area contributed by atoms with Gasteiger partial charge in [0.15, 0.2) is 0 Å². The van der Waals surface area contributed by atoms with Crippen molar-refractivity contribution in [3.63, 3.8) is 0 Å². The molecule has 0 bridgehead atoms. The van der Waals surface area contributed by atoms with Gasteiger partial charge in [0, 0.05) is 18.7 Å². The Morgan fingerprint density at radius 3 is 2.61 bits per heavy atom. The van der Waals surface area contributed by atoms with E-state index in [1.807, 2.05) is 6.92 Å². The van der Waals surface area contributed by atoms with Crippen LogP contribution in [0.3, 0.4) is 0 Å². The van der Waals surface area contributed by atoms with Crippen molar-refractivity contribution in [2.75, 3.05) is 33.5 Å². The van der Waals surface area contributed by atoms with Crippen LogP contribution in [0.15, 0.2) is 29.3 Å². The molecule has 0 spiro atoms. The number of ether oxygens (including phenoxy) is 3. The molecule has 1 aliphatic carbocycles. The summed E-state index contributed by atoms with van der Waals surface area (Å²) in [4.78, 5) is 16.6. The fourth-order valence-electron chi connectivity index (χ4n) is 1.89. The van der Waals surface area contributed by atoms with E-state index in [2.05, 4.69) is 10.3 Å². The van der Waals surface area contributed by atoms with Crippen LogP contribution in [-0.4, -0.2) is 45.4 Å². The number of nitrogens with zero attached hydrogens (tertiary/aromatic N) is 1. The highest BCUT2D eigenvalue weighted by molar-refractivity contribution is 6.04. The first-order valence-corrected chi connectivity index (χ1v) is 7.93. The van der Waals surface area contributed by atoms with Crippen molar-refractivity contribution in [3.8, 4) is 5.75 Å². The first-order chi connectivity index (χ1) is 11.2. The van der Waals surface area contributed by atoms with E-state index in [1.54, 1.807) is 31.4 Å². The fraction of sp³-hybridized carbons (Fsp3) is 0.529. The van der Waals surface area contributed by atoms with Gasteiger partial charge in [0.1, 0.15) is 12.4 Å². The Kier molecular flexibility index (Phi) is 6.87. The standard InChI is InChI=1S/C17H24N2O4/c1-3-22-10-11-23-17(18-12-13-4-5-13)19-16(20)14-6-8-15(21-2)9-7-14/h6-9,13H,3-5,10-12H2,1-2H3,(H,18,19,20). The third kappa shape index (κ3) is 6.28. The number of rotatable bonds is 8. The van der Waals surface area contributed by atoms with Crippen LogP contribution in [-0.2, 0) is 9.47 Å². The Morgan fingerprint density at radius 2 is 2.00 bits per heavy atom. The van der Waals surface area contributed by atoms with E-state index in [0.29, 0.717) is 43.6 Å². The van der Waals surface area contributed by atoms with Crippen LogP contribution >= 0.6 is 0 Å². The Bertz CT molecular complexity index is 524. The van der Waals surface area contributed by atoms with Gasteiger partial charge in [0.25, 0.3) is 11.9 Å². The van der Waals surface area contributed by atoms with Crippen molar-refractivity contribution in [1.29, 1.82) is 0 Å². The van der Waals surface area contributed by atoms with Crippen molar-refractivity contribution in [1.82, 2.24) is 5.32 Å². The second-order valence-corrected chi connectivity index (χ2v) is 5.32. The molecule has 1 aliphatic rings. The van der Waals surface area contributed by atoms with Crippen LogP contribution in [0.1, 0.15) is 30.1 Å². The summed E-state index contributed by atoms with van der Waals surface area (Å²) in [6, 6.07) is 7.15. The lowest BCUT2D eigenvalue weighted by molar-refractivity contribution is 0.0922. The highest BCUT2D eigenvalue weighted by atomic mass is 16.5. The lowest BCUT2D eigenvalue weighted by atomic mass is 10.2. The molecule has 23 heavy (non-hydrogen) atoms. The van der Waals surface area contributed by atoms with E-state index >= 15 is 0 Å².